The second-order valence-electron chi connectivity index (χ2n) is 3.08. The average molecular weight is 288 g/mol. The number of nitrogens with zero attached hydrogens (tertiary/aromatic N) is 4. The van der Waals surface area contributed by atoms with Crippen molar-refractivity contribution in [3.05, 3.63) is 16.7 Å². The maximum Gasteiger partial charge on any atom is 0.223 e. The summed E-state index contributed by atoms with van der Waals surface area (Å²) in [6.45, 7) is 2.92. The van der Waals surface area contributed by atoms with Gasteiger partial charge in [-0.15, -0.1) is 10.2 Å². The van der Waals surface area contributed by atoms with Crippen LogP contribution in [0.3, 0.4) is 0 Å². The molecule has 0 amide bonds. The number of anilines is 1. The Balaban J connectivity index is 2.14. The molecule has 17 heavy (non-hydrogen) atoms. The number of hydrogen-bond acceptors (Lipinski definition) is 7. The fourth-order valence-electron chi connectivity index (χ4n) is 1.04. The van der Waals surface area contributed by atoms with Crippen molar-refractivity contribution in [3.63, 3.8) is 0 Å². The van der Waals surface area contributed by atoms with Gasteiger partial charge in [0.15, 0.2) is 4.34 Å². The Hall–Kier alpha value is -0.920. The van der Waals surface area contributed by atoms with E-state index in [9.17, 15) is 0 Å². The molecular weight excluding hydrogens is 278 g/mol. The van der Waals surface area contributed by atoms with Gasteiger partial charge in [-0.05, 0) is 18.2 Å². The zero-order valence-electron chi connectivity index (χ0n) is 9.05. The lowest BCUT2D eigenvalue weighted by atomic mass is 10.5. The van der Waals surface area contributed by atoms with Crippen LogP contribution in [0.4, 0.5) is 5.95 Å². The van der Waals surface area contributed by atoms with Crippen LogP contribution < -0.4 is 5.32 Å². The van der Waals surface area contributed by atoms with Gasteiger partial charge in [0, 0.05) is 6.54 Å². The predicted octanol–water partition coefficient (Wildman–Crippen LogP) is 2.95. The van der Waals surface area contributed by atoms with Gasteiger partial charge in [0.25, 0.3) is 0 Å². The monoisotopic (exact) mass is 287 g/mol. The summed E-state index contributed by atoms with van der Waals surface area (Å²) in [4.78, 5) is 8.44. The van der Waals surface area contributed by atoms with Gasteiger partial charge in [0.2, 0.25) is 5.95 Å². The molecule has 2 aromatic heterocycles. The molecule has 0 unspecified atom stereocenters. The molecule has 0 fully saturated rings. The molecule has 2 rings (SSSR count). The van der Waals surface area contributed by atoms with E-state index in [1.54, 1.807) is 11.7 Å². The number of hydrogen-bond donors (Lipinski definition) is 1. The molecule has 0 bridgehead atoms. The van der Waals surface area contributed by atoms with Crippen LogP contribution in [0, 0.1) is 0 Å². The third-order valence-electron chi connectivity index (χ3n) is 1.77. The van der Waals surface area contributed by atoms with Gasteiger partial charge in [0.1, 0.15) is 10.5 Å². The topological polar surface area (TPSA) is 63.6 Å². The highest BCUT2D eigenvalue weighted by molar-refractivity contribution is 8.01. The van der Waals surface area contributed by atoms with Crippen molar-refractivity contribution < 1.29 is 0 Å². The van der Waals surface area contributed by atoms with Gasteiger partial charge in [-0.1, -0.05) is 29.9 Å². The Morgan fingerprint density at radius 1 is 1.53 bits per heavy atom. The average Bonchev–Trinajstić information content (AvgIpc) is 2.83. The minimum Gasteiger partial charge on any atom is -0.354 e. The number of nitrogens with one attached hydrogen (secondary N) is 1. The fourth-order valence-corrected chi connectivity index (χ4v) is 2.61. The molecule has 0 aliphatic rings. The van der Waals surface area contributed by atoms with Crippen molar-refractivity contribution in [2.75, 3.05) is 11.9 Å². The van der Waals surface area contributed by atoms with Crippen LogP contribution in [0.2, 0.25) is 5.02 Å². The molecule has 0 aliphatic carbocycles. The van der Waals surface area contributed by atoms with E-state index in [-0.39, 0.29) is 0 Å². The van der Waals surface area contributed by atoms with Gasteiger partial charge in [-0.2, -0.15) is 0 Å². The smallest absolute Gasteiger partial charge is 0.223 e. The Morgan fingerprint density at radius 3 is 3.12 bits per heavy atom. The number of halogens is 1. The minimum absolute atomic E-state index is 0.521. The van der Waals surface area contributed by atoms with E-state index in [0.717, 1.165) is 17.3 Å². The van der Waals surface area contributed by atoms with Crippen LogP contribution in [-0.4, -0.2) is 26.7 Å². The molecule has 0 spiro atoms. The van der Waals surface area contributed by atoms with Crippen LogP contribution in [0.25, 0.3) is 0 Å². The third kappa shape index (κ3) is 3.52. The Kier molecular flexibility index (Phi) is 4.52. The van der Waals surface area contributed by atoms with E-state index in [4.69, 9.17) is 11.6 Å². The lowest BCUT2D eigenvalue weighted by molar-refractivity contribution is 0.934. The summed E-state index contributed by atoms with van der Waals surface area (Å²) in [5, 5.41) is 12.0. The fraction of sp³-hybridized carbons (Fsp3) is 0.333. The summed E-state index contributed by atoms with van der Waals surface area (Å²) in [6.07, 6.45) is 2.61. The normalized spacial score (nSPS) is 10.5. The maximum absolute atomic E-state index is 6.03. The van der Waals surface area contributed by atoms with Crippen LogP contribution in [-0.2, 0) is 0 Å². The Morgan fingerprint density at radius 2 is 2.41 bits per heavy atom. The zero-order valence-corrected chi connectivity index (χ0v) is 11.4. The summed E-state index contributed by atoms with van der Waals surface area (Å²) in [5.74, 6) is 0.586. The number of aromatic nitrogens is 4. The summed E-state index contributed by atoms with van der Waals surface area (Å²) in [5.41, 5.74) is 1.67. The van der Waals surface area contributed by atoms with Crippen molar-refractivity contribution in [3.8, 4) is 0 Å². The summed E-state index contributed by atoms with van der Waals surface area (Å²) in [7, 11) is 0. The van der Waals surface area contributed by atoms with Gasteiger partial charge < -0.3 is 5.32 Å². The molecule has 2 aromatic rings. The quantitative estimate of drug-likeness (QED) is 0.853. The first-order valence-corrected chi connectivity index (χ1v) is 7.07. The van der Waals surface area contributed by atoms with E-state index in [1.807, 2.05) is 0 Å². The first kappa shape index (κ1) is 12.5. The molecular formula is C9H10ClN5S2. The van der Waals surface area contributed by atoms with Crippen molar-refractivity contribution in [1.82, 2.24) is 20.2 Å². The van der Waals surface area contributed by atoms with Crippen LogP contribution in [0.1, 0.15) is 13.3 Å². The van der Waals surface area contributed by atoms with E-state index in [1.165, 1.54) is 23.1 Å². The van der Waals surface area contributed by atoms with E-state index in [0.29, 0.717) is 16.0 Å². The van der Waals surface area contributed by atoms with Gasteiger partial charge in [-0.3, -0.25) is 0 Å². The largest absolute Gasteiger partial charge is 0.354 e. The maximum atomic E-state index is 6.03. The highest BCUT2D eigenvalue weighted by Gasteiger charge is 2.09. The van der Waals surface area contributed by atoms with Crippen molar-refractivity contribution in [2.24, 2.45) is 0 Å². The molecule has 0 saturated carbocycles. The SMILES string of the molecule is CCCNc1ncc(Cl)c(Sc2nncs2)n1. The Bertz CT molecular complexity index is 476. The highest BCUT2D eigenvalue weighted by atomic mass is 35.5. The van der Waals surface area contributed by atoms with Gasteiger partial charge >= 0.3 is 0 Å². The standard InChI is InChI=1S/C9H10ClN5S2/c1-2-3-11-8-12-4-6(10)7(14-8)17-9-15-13-5-16-9/h4-5H,2-3H2,1H3,(H,11,12,14). The Labute approximate surface area is 112 Å². The highest BCUT2D eigenvalue weighted by Crippen LogP contribution is 2.32. The minimum atomic E-state index is 0.521. The van der Waals surface area contributed by atoms with E-state index >= 15 is 0 Å². The molecule has 0 saturated heterocycles. The predicted molar refractivity (Wildman–Crippen MR) is 69.9 cm³/mol. The summed E-state index contributed by atoms with van der Waals surface area (Å²) < 4.78 is 0.812. The van der Waals surface area contributed by atoms with Crippen molar-refractivity contribution in [2.45, 2.75) is 22.7 Å². The van der Waals surface area contributed by atoms with Crippen molar-refractivity contribution >= 4 is 40.6 Å². The van der Waals surface area contributed by atoms with Gasteiger partial charge in [-0.25, -0.2) is 9.97 Å². The lowest BCUT2D eigenvalue weighted by Crippen LogP contribution is -2.04. The third-order valence-corrected chi connectivity index (χ3v) is 3.94. The van der Waals surface area contributed by atoms with Crippen LogP contribution in [0.15, 0.2) is 21.1 Å². The summed E-state index contributed by atoms with van der Waals surface area (Å²) >= 11 is 8.87. The molecule has 0 atom stereocenters. The molecule has 5 nitrogen and oxygen atoms in total. The summed E-state index contributed by atoms with van der Waals surface area (Å²) in [6, 6.07) is 0. The number of rotatable bonds is 5. The van der Waals surface area contributed by atoms with Crippen molar-refractivity contribution in [1.29, 1.82) is 0 Å². The molecule has 8 heteroatoms. The molecule has 0 aliphatic heterocycles. The first-order valence-electron chi connectivity index (χ1n) is 5.00. The molecule has 0 radical (unpaired) electrons. The molecule has 0 aromatic carbocycles. The van der Waals surface area contributed by atoms with E-state index < -0.39 is 0 Å². The van der Waals surface area contributed by atoms with E-state index in [2.05, 4.69) is 32.4 Å². The molecule has 1 N–H and O–H groups in total. The van der Waals surface area contributed by atoms with Crippen LogP contribution in [0.5, 0.6) is 0 Å². The lowest BCUT2D eigenvalue weighted by Gasteiger charge is -2.05. The second kappa shape index (κ2) is 6.13. The zero-order chi connectivity index (χ0) is 12.1. The molecule has 2 heterocycles. The van der Waals surface area contributed by atoms with Crippen LogP contribution >= 0.6 is 34.7 Å². The molecule has 90 valence electrons. The van der Waals surface area contributed by atoms with Gasteiger partial charge in [0.05, 0.1) is 11.2 Å². The first-order chi connectivity index (χ1) is 8.29. The second-order valence-corrected chi connectivity index (χ2v) is 5.56.